The maximum Gasteiger partial charge on any atom is 0.119 e. The van der Waals surface area contributed by atoms with E-state index in [-0.39, 0.29) is 12.0 Å². The molecule has 0 spiro atoms. The Hall–Kier alpha value is -1.99. The number of nitriles is 1. The van der Waals surface area contributed by atoms with Crippen LogP contribution in [0.2, 0.25) is 0 Å². The maximum atomic E-state index is 10.2. The number of rotatable bonds is 1. The Bertz CT molecular complexity index is 675. The Morgan fingerprint density at radius 1 is 1.48 bits per heavy atom. The van der Waals surface area contributed by atoms with Crippen molar-refractivity contribution in [2.24, 2.45) is 5.92 Å². The number of hydrogen-bond acceptors (Lipinski definition) is 4. The number of aliphatic hydroxyl groups is 1. The smallest absolute Gasteiger partial charge is 0.119 e. The predicted molar refractivity (Wildman–Crippen MR) is 75.7 cm³/mol. The first-order chi connectivity index (χ1) is 10.2. The highest BCUT2D eigenvalue weighted by molar-refractivity contribution is 5.51. The van der Waals surface area contributed by atoms with Crippen molar-refractivity contribution in [1.29, 1.82) is 5.26 Å². The van der Waals surface area contributed by atoms with Crippen LogP contribution in [-0.4, -0.2) is 24.4 Å². The molecule has 1 aromatic rings. The first-order valence-corrected chi connectivity index (χ1v) is 7.32. The van der Waals surface area contributed by atoms with Gasteiger partial charge in [0.1, 0.15) is 11.9 Å². The molecule has 108 valence electrons. The second kappa shape index (κ2) is 4.25. The van der Waals surface area contributed by atoms with Crippen LogP contribution in [0.4, 0.5) is 0 Å². The molecule has 4 atom stereocenters. The molecule has 0 saturated heterocycles. The highest BCUT2D eigenvalue weighted by atomic mass is 16.5. The molecule has 21 heavy (non-hydrogen) atoms. The Labute approximate surface area is 123 Å². The summed E-state index contributed by atoms with van der Waals surface area (Å²) in [5, 5.41) is 20.2. The van der Waals surface area contributed by atoms with Gasteiger partial charge in [0.2, 0.25) is 0 Å². The van der Waals surface area contributed by atoms with Crippen molar-refractivity contribution in [1.82, 2.24) is 0 Å². The van der Waals surface area contributed by atoms with Crippen LogP contribution in [0.5, 0.6) is 5.75 Å². The summed E-state index contributed by atoms with van der Waals surface area (Å²) in [7, 11) is 1.65. The topological polar surface area (TPSA) is 62.5 Å². The highest BCUT2D eigenvalue weighted by Crippen LogP contribution is 2.55. The summed E-state index contributed by atoms with van der Waals surface area (Å²) in [6, 6.07) is 8.51. The van der Waals surface area contributed by atoms with Crippen molar-refractivity contribution in [3.05, 3.63) is 41.2 Å². The highest BCUT2D eigenvalue weighted by Gasteiger charge is 2.57. The fraction of sp³-hybridized carbons (Fsp3) is 0.471. The van der Waals surface area contributed by atoms with Gasteiger partial charge >= 0.3 is 0 Å². The fourth-order valence-corrected chi connectivity index (χ4v) is 4.28. The molecule has 1 saturated carbocycles. The third kappa shape index (κ3) is 1.53. The Morgan fingerprint density at radius 2 is 2.33 bits per heavy atom. The van der Waals surface area contributed by atoms with E-state index in [9.17, 15) is 10.4 Å². The van der Waals surface area contributed by atoms with Crippen molar-refractivity contribution >= 4 is 0 Å². The molecule has 1 N–H and O–H groups in total. The third-order valence-corrected chi connectivity index (χ3v) is 5.25. The van der Waals surface area contributed by atoms with E-state index in [4.69, 9.17) is 9.47 Å². The van der Waals surface area contributed by atoms with Crippen molar-refractivity contribution in [2.75, 3.05) is 7.11 Å². The maximum absolute atomic E-state index is 10.2. The number of hydrogen-bond donors (Lipinski definition) is 1. The minimum atomic E-state index is -0.577. The second-order valence-corrected chi connectivity index (χ2v) is 6.13. The molecule has 4 heteroatoms. The average molecular weight is 283 g/mol. The molecule has 0 aromatic heterocycles. The standard InChI is InChI=1S/C17H17NO3/c1-20-11-2-3-13-10(6-11)7-15-16-12(8-21-15)14(19)4-5-17(13,16)9-18/h2-3,6,8,14-16,19H,4-5,7H2,1H3/t14-,15+,16+,17+/m0/s1. The normalized spacial score (nSPS) is 35.9. The zero-order valence-corrected chi connectivity index (χ0v) is 11.9. The number of nitrogens with zero attached hydrogens (tertiary/aromatic N) is 1. The SMILES string of the molecule is COc1ccc2c(c1)C[C@H]1OC=C3[C@H]1[C@@]2(C#N)CC[C@@H]3O. The van der Waals surface area contributed by atoms with Gasteiger partial charge in [-0.05, 0) is 36.1 Å². The summed E-state index contributed by atoms with van der Waals surface area (Å²) >= 11 is 0. The molecule has 1 fully saturated rings. The van der Waals surface area contributed by atoms with Crippen LogP contribution in [0, 0.1) is 17.2 Å². The van der Waals surface area contributed by atoms with Gasteiger partial charge in [0.05, 0.1) is 31.0 Å². The molecule has 3 aliphatic rings. The van der Waals surface area contributed by atoms with Crippen LogP contribution in [0.3, 0.4) is 0 Å². The van der Waals surface area contributed by atoms with E-state index in [0.29, 0.717) is 12.8 Å². The molecule has 1 heterocycles. The third-order valence-electron chi connectivity index (χ3n) is 5.25. The van der Waals surface area contributed by atoms with Gasteiger partial charge in [-0.15, -0.1) is 0 Å². The van der Waals surface area contributed by atoms with Crippen molar-refractivity contribution < 1.29 is 14.6 Å². The lowest BCUT2D eigenvalue weighted by atomic mass is 9.55. The lowest BCUT2D eigenvalue weighted by molar-refractivity contribution is 0.0634. The number of ether oxygens (including phenoxy) is 2. The van der Waals surface area contributed by atoms with E-state index in [2.05, 4.69) is 6.07 Å². The van der Waals surface area contributed by atoms with Crippen molar-refractivity contribution in [3.8, 4) is 11.8 Å². The molecule has 0 radical (unpaired) electrons. The number of methoxy groups -OCH3 is 1. The molecule has 1 aromatic carbocycles. The summed E-state index contributed by atoms with van der Waals surface area (Å²) in [6.45, 7) is 0. The molecule has 4 rings (SSSR count). The molecule has 0 bridgehead atoms. The zero-order valence-electron chi connectivity index (χ0n) is 11.9. The van der Waals surface area contributed by atoms with Crippen LogP contribution in [0.15, 0.2) is 30.0 Å². The lowest BCUT2D eigenvalue weighted by Crippen LogP contribution is -2.50. The number of fused-ring (bicyclic) bond motifs is 2. The molecular formula is C17H17NO3. The van der Waals surface area contributed by atoms with E-state index >= 15 is 0 Å². The van der Waals surface area contributed by atoms with Crippen molar-refractivity contribution in [2.45, 2.75) is 36.9 Å². The number of benzene rings is 1. The minimum absolute atomic E-state index is 0.0212. The molecule has 1 aliphatic heterocycles. The summed E-state index contributed by atoms with van der Waals surface area (Å²) in [4.78, 5) is 0. The van der Waals surface area contributed by atoms with Gasteiger partial charge in [-0.2, -0.15) is 5.26 Å². The first-order valence-electron chi connectivity index (χ1n) is 7.32. The largest absolute Gasteiger partial charge is 0.497 e. The van der Waals surface area contributed by atoms with Crippen LogP contribution in [0.25, 0.3) is 0 Å². The second-order valence-electron chi connectivity index (χ2n) is 6.13. The van der Waals surface area contributed by atoms with Crippen LogP contribution in [-0.2, 0) is 16.6 Å². The summed E-state index contributed by atoms with van der Waals surface area (Å²) in [5.74, 6) is 0.787. The quantitative estimate of drug-likeness (QED) is 0.857. The van der Waals surface area contributed by atoms with Crippen LogP contribution < -0.4 is 4.74 Å². The van der Waals surface area contributed by atoms with E-state index in [0.717, 1.165) is 28.9 Å². The van der Waals surface area contributed by atoms with Gasteiger partial charge in [-0.1, -0.05) is 6.07 Å². The van der Waals surface area contributed by atoms with E-state index in [1.165, 1.54) is 0 Å². The summed E-state index contributed by atoms with van der Waals surface area (Å²) < 4.78 is 11.1. The van der Waals surface area contributed by atoms with Crippen LogP contribution >= 0.6 is 0 Å². The molecule has 2 aliphatic carbocycles. The molecule has 0 amide bonds. The van der Waals surface area contributed by atoms with Crippen molar-refractivity contribution in [3.63, 3.8) is 0 Å². The molecule has 4 nitrogen and oxygen atoms in total. The average Bonchev–Trinajstić information content (AvgIpc) is 2.95. The van der Waals surface area contributed by atoms with Gasteiger partial charge in [-0.25, -0.2) is 0 Å². The zero-order chi connectivity index (χ0) is 14.6. The lowest BCUT2D eigenvalue weighted by Gasteiger charge is -2.46. The van der Waals surface area contributed by atoms with Gasteiger partial charge in [0.15, 0.2) is 0 Å². The first kappa shape index (κ1) is 12.7. The fourth-order valence-electron chi connectivity index (χ4n) is 4.28. The summed E-state index contributed by atoms with van der Waals surface area (Å²) in [5.41, 5.74) is 2.53. The van der Waals surface area contributed by atoms with Gasteiger partial charge < -0.3 is 14.6 Å². The van der Waals surface area contributed by atoms with E-state index < -0.39 is 11.5 Å². The minimum Gasteiger partial charge on any atom is -0.497 e. The van der Waals surface area contributed by atoms with Gasteiger partial charge in [-0.3, -0.25) is 0 Å². The predicted octanol–water partition coefficient (Wildman–Crippen LogP) is 2.07. The molecule has 0 unspecified atom stereocenters. The van der Waals surface area contributed by atoms with E-state index in [1.807, 2.05) is 18.2 Å². The summed E-state index contributed by atoms with van der Waals surface area (Å²) in [6.07, 6.45) is 3.21. The Balaban J connectivity index is 1.91. The Kier molecular flexibility index (Phi) is 2.58. The van der Waals surface area contributed by atoms with E-state index in [1.54, 1.807) is 13.4 Å². The Morgan fingerprint density at radius 3 is 3.10 bits per heavy atom. The van der Waals surface area contributed by atoms with Gasteiger partial charge in [0, 0.05) is 17.9 Å². The molecular weight excluding hydrogens is 266 g/mol. The monoisotopic (exact) mass is 283 g/mol. The van der Waals surface area contributed by atoms with Gasteiger partial charge in [0.25, 0.3) is 0 Å². The number of aliphatic hydroxyl groups excluding tert-OH is 1. The van der Waals surface area contributed by atoms with Crippen LogP contribution in [0.1, 0.15) is 24.0 Å².